The Morgan fingerprint density at radius 2 is 2.00 bits per heavy atom. The number of hydrogen-bond donors (Lipinski definition) is 1. The molecule has 2 heterocycles. The van der Waals surface area contributed by atoms with E-state index in [2.05, 4.69) is 9.89 Å². The van der Waals surface area contributed by atoms with Gasteiger partial charge in [0.15, 0.2) is 0 Å². The van der Waals surface area contributed by atoms with Gasteiger partial charge in [0.25, 0.3) is 0 Å². The maximum atomic E-state index is 9.96. The van der Waals surface area contributed by atoms with Crippen molar-refractivity contribution in [2.24, 2.45) is 10.9 Å². The largest absolute Gasteiger partial charge is 0.506 e. The van der Waals surface area contributed by atoms with Gasteiger partial charge >= 0.3 is 0 Å². The van der Waals surface area contributed by atoms with Crippen molar-refractivity contribution in [3.05, 3.63) is 27.7 Å². The molecule has 120 valence electrons. The van der Waals surface area contributed by atoms with Gasteiger partial charge in [0.2, 0.25) is 0 Å². The van der Waals surface area contributed by atoms with Crippen molar-refractivity contribution in [1.29, 1.82) is 0 Å². The van der Waals surface area contributed by atoms with Crippen molar-refractivity contribution < 1.29 is 5.11 Å². The van der Waals surface area contributed by atoms with Crippen LogP contribution in [0.5, 0.6) is 5.75 Å². The highest BCUT2D eigenvalue weighted by Crippen LogP contribution is 2.32. The zero-order valence-corrected chi connectivity index (χ0v) is 14.2. The van der Waals surface area contributed by atoms with Gasteiger partial charge in [0, 0.05) is 29.4 Å². The molecular formula is C17H22Cl2N2O. The highest BCUT2D eigenvalue weighted by Gasteiger charge is 2.32. The molecule has 2 saturated heterocycles. The maximum Gasteiger partial charge on any atom is 0.143 e. The van der Waals surface area contributed by atoms with E-state index in [0.717, 1.165) is 6.54 Å². The number of piperidine rings is 2. The summed E-state index contributed by atoms with van der Waals surface area (Å²) in [5.41, 5.74) is 0.591. The fraction of sp³-hybridized carbons (Fsp3) is 0.588. The molecule has 0 spiro atoms. The molecule has 2 aliphatic heterocycles. The van der Waals surface area contributed by atoms with Gasteiger partial charge in [0.05, 0.1) is 5.02 Å². The predicted octanol–water partition coefficient (Wildman–Crippen LogP) is 4.38. The first-order valence-electron chi connectivity index (χ1n) is 8.07. The van der Waals surface area contributed by atoms with Crippen LogP contribution in [0.1, 0.15) is 37.7 Å². The molecule has 0 amide bonds. The van der Waals surface area contributed by atoms with Gasteiger partial charge in [-0.05, 0) is 56.8 Å². The molecule has 1 N–H and O–H groups in total. The Labute approximate surface area is 141 Å². The van der Waals surface area contributed by atoms with Crippen LogP contribution < -0.4 is 0 Å². The van der Waals surface area contributed by atoms with E-state index in [9.17, 15) is 5.11 Å². The zero-order valence-electron chi connectivity index (χ0n) is 12.6. The van der Waals surface area contributed by atoms with E-state index in [1.165, 1.54) is 51.3 Å². The highest BCUT2D eigenvalue weighted by atomic mass is 35.5. The van der Waals surface area contributed by atoms with Crippen LogP contribution in [-0.2, 0) is 0 Å². The van der Waals surface area contributed by atoms with Crippen LogP contribution in [-0.4, -0.2) is 41.9 Å². The molecule has 2 aliphatic rings. The third-order valence-corrected chi connectivity index (χ3v) is 5.36. The number of benzene rings is 1. The van der Waals surface area contributed by atoms with Crippen LogP contribution in [0.4, 0.5) is 0 Å². The van der Waals surface area contributed by atoms with Gasteiger partial charge in [-0.1, -0.05) is 29.6 Å². The molecule has 5 heteroatoms. The van der Waals surface area contributed by atoms with Gasteiger partial charge in [-0.25, -0.2) is 0 Å². The van der Waals surface area contributed by atoms with Crippen LogP contribution in [0.3, 0.4) is 0 Å². The molecular weight excluding hydrogens is 319 g/mol. The van der Waals surface area contributed by atoms with E-state index in [1.807, 2.05) is 0 Å². The normalized spacial score (nSPS) is 26.3. The molecule has 22 heavy (non-hydrogen) atoms. The first-order valence-corrected chi connectivity index (χ1v) is 8.82. The molecule has 1 aromatic carbocycles. The molecule has 3 rings (SSSR count). The van der Waals surface area contributed by atoms with Gasteiger partial charge in [-0.3, -0.25) is 4.99 Å². The van der Waals surface area contributed by atoms with E-state index in [4.69, 9.17) is 23.2 Å². The first-order chi connectivity index (χ1) is 10.6. The highest BCUT2D eigenvalue weighted by molar-refractivity contribution is 6.36. The monoisotopic (exact) mass is 340 g/mol. The predicted molar refractivity (Wildman–Crippen MR) is 92.5 cm³/mol. The summed E-state index contributed by atoms with van der Waals surface area (Å²) in [5, 5.41) is 10.7. The van der Waals surface area contributed by atoms with Crippen molar-refractivity contribution in [1.82, 2.24) is 4.90 Å². The molecule has 2 unspecified atom stereocenters. The minimum absolute atomic E-state index is 0.0535. The summed E-state index contributed by atoms with van der Waals surface area (Å²) in [5.74, 6) is 0.680. The number of phenols is 1. The minimum atomic E-state index is 0.0535. The Balaban J connectivity index is 1.66. The number of aromatic hydroxyl groups is 1. The summed E-state index contributed by atoms with van der Waals surface area (Å²) < 4.78 is 0. The lowest BCUT2D eigenvalue weighted by atomic mass is 9.83. The van der Waals surface area contributed by atoms with Crippen LogP contribution in [0.25, 0.3) is 0 Å². The molecule has 3 nitrogen and oxygen atoms in total. The topological polar surface area (TPSA) is 35.8 Å². The molecule has 0 saturated carbocycles. The fourth-order valence-corrected chi connectivity index (χ4v) is 4.27. The smallest absolute Gasteiger partial charge is 0.143 e. The van der Waals surface area contributed by atoms with Crippen molar-refractivity contribution >= 4 is 29.4 Å². The van der Waals surface area contributed by atoms with Crippen molar-refractivity contribution in [3.63, 3.8) is 0 Å². The molecule has 0 aliphatic carbocycles. The second-order valence-electron chi connectivity index (χ2n) is 6.32. The van der Waals surface area contributed by atoms with E-state index in [0.29, 0.717) is 22.5 Å². The Kier molecular flexibility index (Phi) is 5.27. The summed E-state index contributed by atoms with van der Waals surface area (Å²) in [6.07, 6.45) is 8.20. The summed E-state index contributed by atoms with van der Waals surface area (Å²) in [6.45, 7) is 3.30. The van der Waals surface area contributed by atoms with Crippen molar-refractivity contribution in [2.75, 3.05) is 19.6 Å². The molecule has 0 aromatic heterocycles. The lowest BCUT2D eigenvalue weighted by Crippen LogP contribution is -2.48. The first kappa shape index (κ1) is 16.1. The van der Waals surface area contributed by atoms with E-state index >= 15 is 0 Å². The summed E-state index contributed by atoms with van der Waals surface area (Å²) in [4.78, 5) is 7.21. The zero-order chi connectivity index (χ0) is 15.5. The summed E-state index contributed by atoms with van der Waals surface area (Å²) >= 11 is 11.9. The Morgan fingerprint density at radius 1 is 1.18 bits per heavy atom. The number of phenolic OH excluding ortho intramolecular Hbond substituents is 1. The lowest BCUT2D eigenvalue weighted by molar-refractivity contribution is 0.0635. The molecule has 1 aromatic rings. The summed E-state index contributed by atoms with van der Waals surface area (Å²) in [6, 6.07) is 3.92. The fourth-order valence-electron chi connectivity index (χ4n) is 3.76. The molecule has 0 radical (unpaired) electrons. The number of rotatable bonds is 3. The van der Waals surface area contributed by atoms with Crippen LogP contribution >= 0.6 is 23.2 Å². The number of fused-ring (bicyclic) bond motifs is 1. The number of nitrogens with zero attached hydrogens (tertiary/aromatic N) is 2. The number of halogens is 2. The minimum Gasteiger partial charge on any atom is -0.506 e. The van der Waals surface area contributed by atoms with Gasteiger partial charge in [-0.15, -0.1) is 0 Å². The second kappa shape index (κ2) is 7.20. The number of hydrogen-bond acceptors (Lipinski definition) is 3. The Hall–Kier alpha value is -0.770. The van der Waals surface area contributed by atoms with E-state index in [-0.39, 0.29) is 10.8 Å². The number of aliphatic imine (C=N–C) groups is 1. The average molecular weight is 341 g/mol. The van der Waals surface area contributed by atoms with Crippen molar-refractivity contribution in [3.8, 4) is 5.75 Å². The van der Waals surface area contributed by atoms with Gasteiger partial charge < -0.3 is 10.0 Å². The maximum absolute atomic E-state index is 9.96. The van der Waals surface area contributed by atoms with Crippen molar-refractivity contribution in [2.45, 2.75) is 38.1 Å². The van der Waals surface area contributed by atoms with Crippen LogP contribution in [0, 0.1) is 5.92 Å². The van der Waals surface area contributed by atoms with Gasteiger partial charge in [-0.2, -0.15) is 0 Å². The summed E-state index contributed by atoms with van der Waals surface area (Å²) in [7, 11) is 0. The third kappa shape index (κ3) is 3.58. The molecule has 0 bridgehead atoms. The van der Waals surface area contributed by atoms with E-state index in [1.54, 1.807) is 12.3 Å². The second-order valence-corrected chi connectivity index (χ2v) is 7.16. The van der Waals surface area contributed by atoms with E-state index < -0.39 is 0 Å². The van der Waals surface area contributed by atoms with Crippen LogP contribution in [0.2, 0.25) is 10.0 Å². The Bertz CT molecular complexity index is 560. The van der Waals surface area contributed by atoms with Gasteiger partial charge in [0.1, 0.15) is 5.75 Å². The van der Waals surface area contributed by atoms with Crippen LogP contribution in [0.15, 0.2) is 17.1 Å². The Morgan fingerprint density at radius 3 is 2.86 bits per heavy atom. The SMILES string of the molecule is Oc1c(Cl)cc(Cl)cc1C=NCC1CCCN2CCCCC12. The average Bonchev–Trinajstić information content (AvgIpc) is 2.52. The quantitative estimate of drug-likeness (QED) is 0.828. The molecule has 2 fully saturated rings. The molecule has 2 atom stereocenters. The lowest BCUT2D eigenvalue weighted by Gasteiger charge is -2.43. The standard InChI is InChI=1S/C17H22Cl2N2O/c18-14-8-13(17(22)15(19)9-14)11-20-10-12-4-3-7-21-6-2-1-5-16(12)21/h8-9,11-12,16,22H,1-7,10H2. The third-order valence-electron chi connectivity index (χ3n) is 4.86.